The summed E-state index contributed by atoms with van der Waals surface area (Å²) in [5.74, 6) is 0. The first-order chi connectivity index (χ1) is 17.3. The Labute approximate surface area is 210 Å². The fraction of sp³-hybridized carbons (Fsp3) is 0.273. The topological polar surface area (TPSA) is 15.3 Å². The van der Waals surface area contributed by atoms with Gasteiger partial charge in [-0.15, -0.1) is 0 Å². The number of unbranched alkanes of at least 4 members (excludes halogenated alkanes) is 3. The van der Waals surface area contributed by atoms with E-state index in [0.717, 1.165) is 0 Å². The van der Waals surface area contributed by atoms with Crippen LogP contribution in [-0.2, 0) is 0 Å². The molecule has 2 nitrogen and oxygen atoms in total. The predicted molar refractivity (Wildman–Crippen MR) is 152 cm³/mol. The summed E-state index contributed by atoms with van der Waals surface area (Å²) >= 11 is 0. The molecular weight excluding hydrogens is 424 g/mol. The predicted octanol–water partition coefficient (Wildman–Crippen LogP) is 9.33. The lowest BCUT2D eigenvalue weighted by Crippen LogP contribution is -2.30. The normalized spacial score (nSPS) is 15.3. The first-order valence-electron chi connectivity index (χ1n) is 13.2. The van der Waals surface area contributed by atoms with Gasteiger partial charge in [0, 0.05) is 23.0 Å². The second kappa shape index (κ2) is 10.9. The molecule has 4 aromatic carbocycles. The first kappa shape index (κ1) is 23.4. The minimum atomic E-state index is 0.240. The molecule has 0 bridgehead atoms. The number of anilines is 3. The van der Waals surface area contributed by atoms with Crippen molar-refractivity contribution in [3.05, 3.63) is 108 Å². The second-order valence-electron chi connectivity index (χ2n) is 9.70. The number of nitrogens with one attached hydrogen (secondary N) is 1. The van der Waals surface area contributed by atoms with Crippen molar-refractivity contribution in [2.24, 2.45) is 0 Å². The quantitative estimate of drug-likeness (QED) is 0.237. The van der Waals surface area contributed by atoms with Crippen molar-refractivity contribution in [1.82, 2.24) is 5.32 Å². The van der Waals surface area contributed by atoms with Gasteiger partial charge in [-0.3, -0.25) is 0 Å². The molecule has 2 unspecified atom stereocenters. The summed E-state index contributed by atoms with van der Waals surface area (Å²) in [6.45, 7) is 4.61. The van der Waals surface area contributed by atoms with Gasteiger partial charge in [-0.05, 0) is 60.0 Å². The van der Waals surface area contributed by atoms with Gasteiger partial charge in [-0.1, -0.05) is 105 Å². The van der Waals surface area contributed by atoms with Crippen LogP contribution in [0.5, 0.6) is 0 Å². The molecule has 4 aromatic rings. The summed E-state index contributed by atoms with van der Waals surface area (Å²) < 4.78 is 0. The van der Waals surface area contributed by atoms with Crippen LogP contribution in [0.4, 0.5) is 17.1 Å². The molecule has 2 atom stereocenters. The van der Waals surface area contributed by atoms with Gasteiger partial charge in [0.1, 0.15) is 0 Å². The lowest BCUT2D eigenvalue weighted by atomic mass is 9.88. The van der Waals surface area contributed by atoms with E-state index in [2.05, 4.69) is 127 Å². The van der Waals surface area contributed by atoms with E-state index in [4.69, 9.17) is 0 Å². The highest BCUT2D eigenvalue weighted by Crippen LogP contribution is 2.43. The van der Waals surface area contributed by atoms with Crippen molar-refractivity contribution < 1.29 is 0 Å². The van der Waals surface area contributed by atoms with Gasteiger partial charge in [0.15, 0.2) is 0 Å². The van der Waals surface area contributed by atoms with Crippen LogP contribution in [0.3, 0.4) is 0 Å². The Bertz CT molecular complexity index is 1240. The number of hydrogen-bond acceptors (Lipinski definition) is 2. The Hall–Kier alpha value is -3.36. The van der Waals surface area contributed by atoms with Crippen LogP contribution in [0, 0.1) is 0 Å². The molecule has 0 heterocycles. The maximum Gasteiger partial charge on any atom is 0.0540 e. The zero-order chi connectivity index (χ0) is 24.0. The van der Waals surface area contributed by atoms with Crippen LogP contribution in [0.2, 0.25) is 0 Å². The van der Waals surface area contributed by atoms with Crippen molar-refractivity contribution in [3.8, 4) is 0 Å². The average Bonchev–Trinajstić information content (AvgIpc) is 2.90. The summed E-state index contributed by atoms with van der Waals surface area (Å²) in [6.07, 6.45) is 11.2. The van der Waals surface area contributed by atoms with Crippen LogP contribution < -0.4 is 10.2 Å². The molecule has 2 heteroatoms. The molecule has 1 N–H and O–H groups in total. The fourth-order valence-corrected chi connectivity index (χ4v) is 5.34. The highest BCUT2D eigenvalue weighted by molar-refractivity contribution is 6.02. The van der Waals surface area contributed by atoms with E-state index in [0.29, 0.717) is 6.04 Å². The van der Waals surface area contributed by atoms with Gasteiger partial charge < -0.3 is 10.2 Å². The molecule has 0 aromatic heterocycles. The van der Waals surface area contributed by atoms with Crippen molar-refractivity contribution >= 4 is 33.9 Å². The Kier molecular flexibility index (Phi) is 7.30. The van der Waals surface area contributed by atoms with Crippen molar-refractivity contribution in [3.63, 3.8) is 0 Å². The molecule has 178 valence electrons. The van der Waals surface area contributed by atoms with E-state index in [1.807, 2.05) is 0 Å². The summed E-state index contributed by atoms with van der Waals surface area (Å²) in [7, 11) is 0. The number of benzene rings is 4. The fourth-order valence-electron chi connectivity index (χ4n) is 5.34. The first-order valence-corrected chi connectivity index (χ1v) is 13.2. The smallest absolute Gasteiger partial charge is 0.0540 e. The van der Waals surface area contributed by atoms with E-state index >= 15 is 0 Å². The van der Waals surface area contributed by atoms with Crippen molar-refractivity contribution in [2.45, 2.75) is 58.0 Å². The monoisotopic (exact) mass is 460 g/mol. The van der Waals surface area contributed by atoms with E-state index in [9.17, 15) is 0 Å². The van der Waals surface area contributed by atoms with E-state index < -0.39 is 0 Å². The zero-order valence-corrected chi connectivity index (χ0v) is 21.0. The lowest BCUT2D eigenvalue weighted by Gasteiger charge is -2.31. The molecule has 0 spiro atoms. The van der Waals surface area contributed by atoms with Gasteiger partial charge >= 0.3 is 0 Å². The summed E-state index contributed by atoms with van der Waals surface area (Å²) in [5.41, 5.74) is 6.22. The van der Waals surface area contributed by atoms with Crippen LogP contribution in [0.1, 0.15) is 63.1 Å². The third-order valence-corrected chi connectivity index (χ3v) is 7.11. The summed E-state index contributed by atoms with van der Waals surface area (Å²) in [4.78, 5) is 2.38. The molecule has 0 fully saturated rings. The van der Waals surface area contributed by atoms with Crippen LogP contribution in [-0.4, -0.2) is 6.04 Å². The van der Waals surface area contributed by atoms with Gasteiger partial charge in [0.2, 0.25) is 0 Å². The van der Waals surface area contributed by atoms with E-state index in [1.54, 1.807) is 0 Å². The second-order valence-corrected chi connectivity index (χ2v) is 9.70. The SMILES string of the molecule is CCCCCCC(C)NC1C=Cc2c(N(c3ccccc3)c3ccccc3)ccc3cccc1c23. The lowest BCUT2D eigenvalue weighted by molar-refractivity contribution is 0.458. The molecule has 0 saturated carbocycles. The standard InChI is InChI=1S/C33H36N2/c1-3-4-5-8-14-25(2)34-31-23-22-30-32(24-21-26-15-13-20-29(31)33(26)30)35(27-16-9-6-10-17-27)28-18-11-7-12-19-28/h6-7,9-13,15-25,31,34H,3-5,8,14H2,1-2H3. The van der Waals surface area contributed by atoms with E-state index in [1.165, 1.54) is 71.1 Å². The third kappa shape index (κ3) is 5.04. The molecule has 0 aliphatic heterocycles. The average molecular weight is 461 g/mol. The summed E-state index contributed by atoms with van der Waals surface area (Å²) in [6, 6.07) is 33.4. The maximum absolute atomic E-state index is 3.91. The van der Waals surface area contributed by atoms with Gasteiger partial charge in [0.25, 0.3) is 0 Å². The number of hydrogen-bond donors (Lipinski definition) is 1. The molecular formula is C33H36N2. The van der Waals surface area contributed by atoms with Crippen LogP contribution in [0.25, 0.3) is 16.8 Å². The summed E-state index contributed by atoms with van der Waals surface area (Å²) in [5, 5.41) is 6.57. The zero-order valence-electron chi connectivity index (χ0n) is 21.0. The van der Waals surface area contributed by atoms with Gasteiger partial charge in [-0.25, -0.2) is 0 Å². The number of para-hydroxylation sites is 2. The van der Waals surface area contributed by atoms with E-state index in [-0.39, 0.29) is 6.04 Å². The van der Waals surface area contributed by atoms with Gasteiger partial charge in [0.05, 0.1) is 11.7 Å². The van der Waals surface area contributed by atoms with Crippen LogP contribution in [0.15, 0.2) is 97.1 Å². The molecule has 5 rings (SSSR count). The highest BCUT2D eigenvalue weighted by atomic mass is 15.1. The van der Waals surface area contributed by atoms with Crippen LogP contribution >= 0.6 is 0 Å². The Morgan fingerprint density at radius 1 is 0.771 bits per heavy atom. The number of nitrogens with zero attached hydrogens (tertiary/aromatic N) is 1. The molecule has 0 radical (unpaired) electrons. The Morgan fingerprint density at radius 3 is 2.17 bits per heavy atom. The minimum Gasteiger partial charge on any atom is -0.310 e. The molecule has 1 aliphatic carbocycles. The molecule has 0 amide bonds. The van der Waals surface area contributed by atoms with Crippen molar-refractivity contribution in [1.29, 1.82) is 0 Å². The third-order valence-electron chi connectivity index (χ3n) is 7.11. The minimum absolute atomic E-state index is 0.240. The highest BCUT2D eigenvalue weighted by Gasteiger charge is 2.23. The number of rotatable bonds is 10. The Morgan fingerprint density at radius 2 is 1.49 bits per heavy atom. The Balaban J connectivity index is 1.54. The maximum atomic E-state index is 3.91. The van der Waals surface area contributed by atoms with Crippen molar-refractivity contribution in [2.75, 3.05) is 4.90 Å². The van der Waals surface area contributed by atoms with Gasteiger partial charge in [-0.2, -0.15) is 0 Å². The molecule has 35 heavy (non-hydrogen) atoms. The molecule has 0 saturated heterocycles. The largest absolute Gasteiger partial charge is 0.310 e. The molecule has 1 aliphatic rings.